The molecule has 5 rings (SSSR count). The lowest BCUT2D eigenvalue weighted by molar-refractivity contribution is 0.0288. The molecular weight excluding hydrogens is 380 g/mol. The first-order valence-electron chi connectivity index (χ1n) is 11.3. The Morgan fingerprint density at radius 2 is 1.52 bits per heavy atom. The minimum Gasteiger partial charge on any atom is -0.297 e. The number of Topliss-reactive ketones (excluding diaryl/α,β-unsaturated/α-hetero) is 1. The molecule has 158 valence electrons. The lowest BCUT2D eigenvalue weighted by atomic mass is 9.83. The maximum Gasteiger partial charge on any atom is 0.188 e. The molecule has 1 unspecified atom stereocenters. The summed E-state index contributed by atoms with van der Waals surface area (Å²) in [4.78, 5) is 18.9. The van der Waals surface area contributed by atoms with Gasteiger partial charge in [0.05, 0.1) is 0 Å². The van der Waals surface area contributed by atoms with Crippen LogP contribution in [-0.2, 0) is 18.5 Å². The number of carbonyl (C=O) groups excluding carboxylic acids is 1. The number of aryl methyl sites for hydroxylation is 2. The predicted octanol–water partition coefficient (Wildman–Crippen LogP) is 4.76. The molecule has 3 nitrogen and oxygen atoms in total. The molecule has 3 heteroatoms. The predicted molar refractivity (Wildman–Crippen MR) is 125 cm³/mol. The Morgan fingerprint density at radius 1 is 0.806 bits per heavy atom. The average molecular weight is 411 g/mol. The van der Waals surface area contributed by atoms with Crippen LogP contribution in [0.2, 0.25) is 0 Å². The highest BCUT2D eigenvalue weighted by atomic mass is 16.1. The minimum atomic E-state index is -0.578. The Labute approximate surface area is 185 Å². The van der Waals surface area contributed by atoms with Gasteiger partial charge in [0.2, 0.25) is 0 Å². The summed E-state index contributed by atoms with van der Waals surface area (Å²) in [5.41, 5.74) is 6.56. The van der Waals surface area contributed by atoms with Crippen LogP contribution in [0.25, 0.3) is 0 Å². The zero-order valence-corrected chi connectivity index (χ0v) is 18.5. The molecular formula is C28H30N2O. The van der Waals surface area contributed by atoms with Crippen molar-refractivity contribution in [1.29, 1.82) is 0 Å². The molecule has 0 spiro atoms. The van der Waals surface area contributed by atoms with Crippen molar-refractivity contribution in [3.63, 3.8) is 0 Å². The van der Waals surface area contributed by atoms with Crippen molar-refractivity contribution in [2.24, 2.45) is 0 Å². The highest BCUT2D eigenvalue weighted by molar-refractivity contribution is 6.08. The van der Waals surface area contributed by atoms with Crippen LogP contribution in [0.4, 0.5) is 0 Å². The summed E-state index contributed by atoms with van der Waals surface area (Å²) < 4.78 is 0. The van der Waals surface area contributed by atoms with Gasteiger partial charge in [-0.3, -0.25) is 14.6 Å². The summed E-state index contributed by atoms with van der Waals surface area (Å²) in [7, 11) is 0. The number of fused-ring (bicyclic) bond motifs is 1. The van der Waals surface area contributed by atoms with E-state index in [1.165, 1.54) is 22.3 Å². The molecule has 1 aliphatic heterocycles. The number of hydrogen-bond donors (Lipinski definition) is 0. The zero-order valence-electron chi connectivity index (χ0n) is 18.5. The fourth-order valence-electron chi connectivity index (χ4n) is 5.33. The van der Waals surface area contributed by atoms with E-state index in [1.807, 2.05) is 18.2 Å². The van der Waals surface area contributed by atoms with E-state index in [1.54, 1.807) is 0 Å². The summed E-state index contributed by atoms with van der Waals surface area (Å²) >= 11 is 0. The van der Waals surface area contributed by atoms with Gasteiger partial charge in [-0.25, -0.2) is 0 Å². The summed E-state index contributed by atoms with van der Waals surface area (Å²) in [5.74, 6) is 0.268. The Kier molecular flexibility index (Phi) is 5.25. The van der Waals surface area contributed by atoms with E-state index in [0.29, 0.717) is 0 Å². The third kappa shape index (κ3) is 3.52. The number of rotatable bonds is 4. The fraction of sp³-hybridized carbons (Fsp3) is 0.321. The Balaban J connectivity index is 1.42. The highest BCUT2D eigenvalue weighted by Crippen LogP contribution is 2.44. The molecule has 0 amide bonds. The quantitative estimate of drug-likeness (QED) is 0.620. The third-order valence-electron chi connectivity index (χ3n) is 7.15. The van der Waals surface area contributed by atoms with Crippen molar-refractivity contribution in [2.45, 2.75) is 32.4 Å². The van der Waals surface area contributed by atoms with Gasteiger partial charge in [-0.1, -0.05) is 78.4 Å². The SMILES string of the molecule is Cc1ccc(CN2CCN(C3(c4ccccc4)Cc4c(C)cccc4C3=O)CC2)cc1. The van der Waals surface area contributed by atoms with Crippen molar-refractivity contribution in [2.75, 3.05) is 26.2 Å². The molecule has 1 fully saturated rings. The second kappa shape index (κ2) is 8.07. The van der Waals surface area contributed by atoms with Crippen molar-refractivity contribution < 1.29 is 4.79 Å². The number of carbonyl (C=O) groups is 1. The lowest BCUT2D eigenvalue weighted by Gasteiger charge is -2.45. The minimum absolute atomic E-state index is 0.268. The van der Waals surface area contributed by atoms with Crippen LogP contribution in [0.1, 0.15) is 38.2 Å². The van der Waals surface area contributed by atoms with Crippen molar-refractivity contribution >= 4 is 5.78 Å². The molecule has 0 bridgehead atoms. The molecule has 2 aliphatic rings. The van der Waals surface area contributed by atoms with Gasteiger partial charge >= 0.3 is 0 Å². The number of benzene rings is 3. The summed E-state index contributed by atoms with van der Waals surface area (Å²) in [6.45, 7) is 8.99. The van der Waals surface area contributed by atoms with Crippen molar-refractivity contribution in [3.8, 4) is 0 Å². The van der Waals surface area contributed by atoms with Crippen LogP contribution < -0.4 is 0 Å². The third-order valence-corrected chi connectivity index (χ3v) is 7.15. The molecule has 0 saturated carbocycles. The van der Waals surface area contributed by atoms with Gasteiger partial charge in [-0.15, -0.1) is 0 Å². The molecule has 3 aromatic rings. The molecule has 1 saturated heterocycles. The molecule has 0 N–H and O–H groups in total. The standard InChI is InChI=1S/C28H30N2O/c1-21-11-13-23(14-12-21)20-29-15-17-30(18-16-29)28(24-8-4-3-5-9-24)19-26-22(2)7-6-10-25(26)27(28)31/h3-14H,15-20H2,1-2H3. The molecule has 1 aliphatic carbocycles. The van der Waals surface area contributed by atoms with Crippen LogP contribution in [0, 0.1) is 13.8 Å². The number of nitrogens with zero attached hydrogens (tertiary/aromatic N) is 2. The van der Waals surface area contributed by atoms with E-state index in [4.69, 9.17) is 0 Å². The van der Waals surface area contributed by atoms with Crippen LogP contribution >= 0.6 is 0 Å². The Morgan fingerprint density at radius 3 is 2.19 bits per heavy atom. The van der Waals surface area contributed by atoms with E-state index in [-0.39, 0.29) is 5.78 Å². The smallest absolute Gasteiger partial charge is 0.188 e. The van der Waals surface area contributed by atoms with Gasteiger partial charge in [0.1, 0.15) is 5.54 Å². The largest absolute Gasteiger partial charge is 0.297 e. The van der Waals surface area contributed by atoms with Gasteiger partial charge in [0, 0.05) is 44.7 Å². The Hall–Kier alpha value is -2.75. The van der Waals surface area contributed by atoms with Gasteiger partial charge in [0.25, 0.3) is 0 Å². The summed E-state index contributed by atoms with van der Waals surface area (Å²) in [6.07, 6.45) is 0.774. The lowest BCUT2D eigenvalue weighted by Crippen LogP contribution is -2.58. The average Bonchev–Trinajstić information content (AvgIpc) is 3.11. The van der Waals surface area contributed by atoms with E-state index < -0.39 is 5.54 Å². The van der Waals surface area contributed by atoms with Crippen molar-refractivity contribution in [1.82, 2.24) is 9.80 Å². The summed E-state index contributed by atoms with van der Waals surface area (Å²) in [5, 5.41) is 0. The van der Waals surface area contributed by atoms with Crippen LogP contribution in [0.15, 0.2) is 72.8 Å². The first-order valence-corrected chi connectivity index (χ1v) is 11.3. The van der Waals surface area contributed by atoms with Gasteiger partial charge in [-0.2, -0.15) is 0 Å². The molecule has 0 aromatic heterocycles. The number of hydrogen-bond acceptors (Lipinski definition) is 3. The second-order valence-electron chi connectivity index (χ2n) is 9.08. The van der Waals surface area contributed by atoms with Crippen LogP contribution in [0.3, 0.4) is 0 Å². The first-order chi connectivity index (χ1) is 15.1. The molecule has 0 radical (unpaired) electrons. The maximum absolute atomic E-state index is 13.9. The number of piperazine rings is 1. The maximum atomic E-state index is 13.9. The van der Waals surface area contributed by atoms with Gasteiger partial charge in [0.15, 0.2) is 5.78 Å². The fourth-order valence-corrected chi connectivity index (χ4v) is 5.33. The van der Waals surface area contributed by atoms with E-state index >= 15 is 0 Å². The van der Waals surface area contributed by atoms with Crippen molar-refractivity contribution in [3.05, 3.63) is 106 Å². The molecule has 31 heavy (non-hydrogen) atoms. The van der Waals surface area contributed by atoms with Crippen LogP contribution in [-0.4, -0.2) is 41.8 Å². The van der Waals surface area contributed by atoms with Crippen LogP contribution in [0.5, 0.6) is 0 Å². The molecule has 1 heterocycles. The first kappa shape index (κ1) is 20.2. The van der Waals surface area contributed by atoms with Gasteiger partial charge in [-0.05, 0) is 36.1 Å². The molecule has 3 aromatic carbocycles. The number of ketones is 1. The summed E-state index contributed by atoms with van der Waals surface area (Å²) in [6, 6.07) is 25.4. The topological polar surface area (TPSA) is 23.6 Å². The van der Waals surface area contributed by atoms with E-state index in [0.717, 1.165) is 50.3 Å². The highest BCUT2D eigenvalue weighted by Gasteiger charge is 2.51. The monoisotopic (exact) mass is 410 g/mol. The normalized spacial score (nSPS) is 21.9. The van der Waals surface area contributed by atoms with Gasteiger partial charge < -0.3 is 0 Å². The Bertz CT molecular complexity index is 1080. The van der Waals surface area contributed by atoms with E-state index in [2.05, 4.69) is 78.2 Å². The zero-order chi connectivity index (χ0) is 21.4. The molecule has 1 atom stereocenters. The van der Waals surface area contributed by atoms with E-state index in [9.17, 15) is 4.79 Å². The second-order valence-corrected chi connectivity index (χ2v) is 9.08.